The van der Waals surface area contributed by atoms with Gasteiger partial charge in [-0.05, 0) is 17.7 Å². The third-order valence-corrected chi connectivity index (χ3v) is 2.89. The Morgan fingerprint density at radius 2 is 2.22 bits per heavy atom. The number of phenols is 1. The number of hydrogen-bond donors (Lipinski definition) is 3. The summed E-state index contributed by atoms with van der Waals surface area (Å²) in [7, 11) is -3.41. The van der Waals surface area contributed by atoms with Gasteiger partial charge >= 0.3 is 0 Å². The van der Waals surface area contributed by atoms with Gasteiger partial charge in [0, 0.05) is 12.6 Å². The molecule has 0 saturated heterocycles. The molecule has 7 heteroatoms. The van der Waals surface area contributed by atoms with Gasteiger partial charge in [-0.3, -0.25) is 4.72 Å². The molecule has 0 fully saturated rings. The number of phenolic OH excluding ortho intramolecular Hbond substituents is 1. The average Bonchev–Trinajstić information content (AvgIpc) is 2.74. The van der Waals surface area contributed by atoms with E-state index >= 15 is 0 Å². The van der Waals surface area contributed by atoms with Gasteiger partial charge in [-0.2, -0.15) is 0 Å². The molecule has 0 bridgehead atoms. The zero-order valence-electron chi connectivity index (χ0n) is 9.71. The second-order valence-corrected chi connectivity index (χ2v) is 5.71. The van der Waals surface area contributed by atoms with E-state index in [1.165, 1.54) is 6.07 Å². The van der Waals surface area contributed by atoms with Crippen LogP contribution in [0.2, 0.25) is 0 Å². The Bertz CT molecular complexity index is 636. The summed E-state index contributed by atoms with van der Waals surface area (Å²) in [6, 6.07) is 4.76. The molecule has 1 aromatic heterocycles. The Balaban J connectivity index is 2.26. The lowest BCUT2D eigenvalue weighted by molar-refractivity contribution is 0.477. The minimum absolute atomic E-state index is 0.105. The molecule has 0 atom stereocenters. The first-order valence-electron chi connectivity index (χ1n) is 5.21. The maximum absolute atomic E-state index is 11.1. The standard InChI is InChI=1S/C11H13N3O3S/c1-18(16,17)14-10-5-8(2-3-11(10)15)4-9-6-12-7-13-9/h2-3,5-7,14-15H,4H2,1H3,(H,12,13). The van der Waals surface area contributed by atoms with Gasteiger partial charge in [-0.1, -0.05) is 6.07 Å². The fraction of sp³-hybridized carbons (Fsp3) is 0.182. The number of benzene rings is 1. The van der Waals surface area contributed by atoms with E-state index in [1.54, 1.807) is 24.7 Å². The van der Waals surface area contributed by atoms with Crippen LogP contribution in [0.1, 0.15) is 11.3 Å². The topological polar surface area (TPSA) is 95.1 Å². The molecule has 6 nitrogen and oxygen atoms in total. The predicted octanol–water partition coefficient (Wildman–Crippen LogP) is 1.08. The van der Waals surface area contributed by atoms with Crippen molar-refractivity contribution in [1.29, 1.82) is 0 Å². The van der Waals surface area contributed by atoms with Crippen molar-refractivity contribution in [1.82, 2.24) is 9.97 Å². The Hall–Kier alpha value is -2.02. The van der Waals surface area contributed by atoms with Crippen LogP contribution in [0.25, 0.3) is 0 Å². The maximum Gasteiger partial charge on any atom is 0.229 e. The molecule has 0 aliphatic heterocycles. The quantitative estimate of drug-likeness (QED) is 0.722. The van der Waals surface area contributed by atoms with Gasteiger partial charge in [0.25, 0.3) is 0 Å². The molecule has 0 spiro atoms. The number of rotatable bonds is 4. The molecule has 1 aromatic carbocycles. The third-order valence-electron chi connectivity index (χ3n) is 2.30. The number of anilines is 1. The van der Waals surface area contributed by atoms with Gasteiger partial charge < -0.3 is 10.1 Å². The van der Waals surface area contributed by atoms with Crippen LogP contribution in [0.3, 0.4) is 0 Å². The first kappa shape index (κ1) is 12.4. The number of nitrogens with one attached hydrogen (secondary N) is 2. The van der Waals surface area contributed by atoms with E-state index in [9.17, 15) is 13.5 Å². The summed E-state index contributed by atoms with van der Waals surface area (Å²) in [5.41, 5.74) is 1.86. The molecule has 0 radical (unpaired) electrons. The van der Waals surface area contributed by atoms with Crippen molar-refractivity contribution in [2.75, 3.05) is 11.0 Å². The SMILES string of the molecule is CS(=O)(=O)Nc1cc(Cc2c[nH]cn2)ccc1O. The number of H-pyrrole nitrogens is 1. The van der Waals surface area contributed by atoms with Gasteiger partial charge in [0.2, 0.25) is 10.0 Å². The number of aromatic hydroxyl groups is 1. The van der Waals surface area contributed by atoms with Crippen molar-refractivity contribution >= 4 is 15.7 Å². The van der Waals surface area contributed by atoms with E-state index in [0.717, 1.165) is 17.5 Å². The van der Waals surface area contributed by atoms with Crippen LogP contribution in [0.4, 0.5) is 5.69 Å². The van der Waals surface area contributed by atoms with E-state index in [-0.39, 0.29) is 11.4 Å². The molecule has 96 valence electrons. The Kier molecular flexibility index (Phi) is 3.24. The fourth-order valence-electron chi connectivity index (χ4n) is 1.57. The lowest BCUT2D eigenvalue weighted by atomic mass is 10.1. The number of hydrogen-bond acceptors (Lipinski definition) is 4. The van der Waals surface area contributed by atoms with Crippen LogP contribution in [0.15, 0.2) is 30.7 Å². The van der Waals surface area contributed by atoms with Crippen molar-refractivity contribution in [2.45, 2.75) is 6.42 Å². The molecule has 0 aliphatic rings. The van der Waals surface area contributed by atoms with Crippen molar-refractivity contribution in [3.05, 3.63) is 42.0 Å². The highest BCUT2D eigenvalue weighted by molar-refractivity contribution is 7.92. The van der Waals surface area contributed by atoms with Gasteiger partial charge in [0.1, 0.15) is 5.75 Å². The van der Waals surface area contributed by atoms with Crippen LogP contribution in [0, 0.1) is 0 Å². The van der Waals surface area contributed by atoms with Gasteiger partial charge in [-0.25, -0.2) is 13.4 Å². The number of imidazole rings is 1. The van der Waals surface area contributed by atoms with E-state index < -0.39 is 10.0 Å². The molecule has 2 aromatic rings. The Morgan fingerprint density at radius 1 is 1.44 bits per heavy atom. The molecular weight excluding hydrogens is 254 g/mol. The van der Waals surface area contributed by atoms with E-state index in [4.69, 9.17) is 0 Å². The van der Waals surface area contributed by atoms with Crippen LogP contribution in [0.5, 0.6) is 5.75 Å². The number of nitrogens with zero attached hydrogens (tertiary/aromatic N) is 1. The molecular formula is C11H13N3O3S. The zero-order valence-corrected chi connectivity index (χ0v) is 10.5. The minimum Gasteiger partial charge on any atom is -0.506 e. The van der Waals surface area contributed by atoms with Gasteiger partial charge in [0.15, 0.2) is 0 Å². The molecule has 0 saturated carbocycles. The second-order valence-electron chi connectivity index (χ2n) is 3.96. The Labute approximate surface area is 105 Å². The van der Waals surface area contributed by atoms with E-state index in [1.807, 2.05) is 0 Å². The molecule has 3 N–H and O–H groups in total. The monoisotopic (exact) mass is 267 g/mol. The fourth-order valence-corrected chi connectivity index (χ4v) is 2.13. The zero-order chi connectivity index (χ0) is 13.2. The first-order valence-corrected chi connectivity index (χ1v) is 7.10. The molecule has 0 amide bonds. The summed E-state index contributed by atoms with van der Waals surface area (Å²) >= 11 is 0. The number of aromatic amines is 1. The normalized spacial score (nSPS) is 11.4. The Morgan fingerprint density at radius 3 is 2.83 bits per heavy atom. The molecule has 0 unspecified atom stereocenters. The highest BCUT2D eigenvalue weighted by Crippen LogP contribution is 2.25. The van der Waals surface area contributed by atoms with Crippen molar-refractivity contribution in [3.8, 4) is 5.75 Å². The average molecular weight is 267 g/mol. The van der Waals surface area contributed by atoms with Crippen molar-refractivity contribution in [2.24, 2.45) is 0 Å². The largest absolute Gasteiger partial charge is 0.506 e. The molecule has 18 heavy (non-hydrogen) atoms. The van der Waals surface area contributed by atoms with Crippen LogP contribution < -0.4 is 4.72 Å². The molecule has 0 aliphatic carbocycles. The lowest BCUT2D eigenvalue weighted by Crippen LogP contribution is -2.10. The van der Waals surface area contributed by atoms with Crippen LogP contribution in [-0.4, -0.2) is 29.7 Å². The highest BCUT2D eigenvalue weighted by Gasteiger charge is 2.08. The highest BCUT2D eigenvalue weighted by atomic mass is 32.2. The number of aromatic nitrogens is 2. The summed E-state index contributed by atoms with van der Waals surface area (Å²) in [5, 5.41) is 9.58. The van der Waals surface area contributed by atoms with Crippen LogP contribution in [-0.2, 0) is 16.4 Å². The number of sulfonamides is 1. The van der Waals surface area contributed by atoms with Crippen molar-refractivity contribution in [3.63, 3.8) is 0 Å². The summed E-state index contributed by atoms with van der Waals surface area (Å²) in [6.07, 6.45) is 4.93. The second kappa shape index (κ2) is 4.69. The van der Waals surface area contributed by atoms with E-state index in [0.29, 0.717) is 6.42 Å². The van der Waals surface area contributed by atoms with Gasteiger partial charge in [0.05, 0.1) is 24.0 Å². The third kappa shape index (κ3) is 3.24. The summed E-state index contributed by atoms with van der Waals surface area (Å²) in [4.78, 5) is 6.92. The summed E-state index contributed by atoms with van der Waals surface area (Å²) < 4.78 is 24.5. The summed E-state index contributed by atoms with van der Waals surface area (Å²) in [5.74, 6) is -0.105. The predicted molar refractivity (Wildman–Crippen MR) is 68.0 cm³/mol. The minimum atomic E-state index is -3.41. The van der Waals surface area contributed by atoms with E-state index in [2.05, 4.69) is 14.7 Å². The summed E-state index contributed by atoms with van der Waals surface area (Å²) in [6.45, 7) is 0. The molecule has 2 rings (SSSR count). The van der Waals surface area contributed by atoms with Crippen LogP contribution >= 0.6 is 0 Å². The van der Waals surface area contributed by atoms with Gasteiger partial charge in [-0.15, -0.1) is 0 Å². The van der Waals surface area contributed by atoms with Crippen molar-refractivity contribution < 1.29 is 13.5 Å². The molecule has 1 heterocycles. The maximum atomic E-state index is 11.1. The lowest BCUT2D eigenvalue weighted by Gasteiger charge is -2.08. The first-order chi connectivity index (χ1) is 8.44. The smallest absolute Gasteiger partial charge is 0.229 e.